The molecule has 0 nitrogen and oxygen atoms in total. The van der Waals surface area contributed by atoms with Gasteiger partial charge in [-0.25, -0.2) is 0 Å². The third-order valence-electron chi connectivity index (χ3n) is 2.84. The zero-order valence-corrected chi connectivity index (χ0v) is 8.48. The molecular formula is C8H7Cl3. The normalized spacial score (nSPS) is 33.0. The Hall–Kier alpha value is 0.350. The first kappa shape index (κ1) is 7.97. The van der Waals surface area contributed by atoms with Crippen LogP contribution >= 0.6 is 34.8 Å². The van der Waals surface area contributed by atoms with Crippen LogP contribution in [0.25, 0.3) is 0 Å². The first-order valence-electron chi connectivity index (χ1n) is 3.42. The fraction of sp³-hybridized carbons (Fsp3) is 0.500. The van der Waals surface area contributed by atoms with Crippen LogP contribution in [0.3, 0.4) is 0 Å². The molecule has 0 N–H and O–H groups in total. The summed E-state index contributed by atoms with van der Waals surface area (Å²) in [6, 6.07) is 0. The van der Waals surface area contributed by atoms with Crippen molar-refractivity contribution >= 4 is 34.8 Å². The van der Waals surface area contributed by atoms with Crippen molar-refractivity contribution in [3.63, 3.8) is 0 Å². The summed E-state index contributed by atoms with van der Waals surface area (Å²) in [6.45, 7) is 4.10. The van der Waals surface area contributed by atoms with Gasteiger partial charge in [-0.15, -0.1) is 11.6 Å². The zero-order valence-electron chi connectivity index (χ0n) is 6.21. The Balaban J connectivity index is 2.39. The van der Waals surface area contributed by atoms with E-state index in [1.165, 1.54) is 11.1 Å². The first-order valence-corrected chi connectivity index (χ1v) is 4.62. The maximum absolute atomic E-state index is 6.02. The Labute approximate surface area is 80.8 Å². The lowest BCUT2D eigenvalue weighted by atomic mass is 9.83. The molecule has 1 atom stereocenters. The highest BCUT2D eigenvalue weighted by molar-refractivity contribution is 6.48. The quantitative estimate of drug-likeness (QED) is 0.422. The second kappa shape index (κ2) is 1.99. The number of alkyl halides is 1. The molecule has 0 unspecified atom stereocenters. The number of halogens is 3. The van der Waals surface area contributed by atoms with Crippen molar-refractivity contribution in [1.29, 1.82) is 0 Å². The summed E-state index contributed by atoms with van der Waals surface area (Å²) in [5.74, 6) is 0. The van der Waals surface area contributed by atoms with Crippen LogP contribution in [0, 0.1) is 5.41 Å². The standard InChI is InChI=1S/C8H7Cl3/c1-3-4(2)8(3)6(10)5(9)7(8)11/h6H,1-2H3/t6-/m0/s1. The van der Waals surface area contributed by atoms with Crippen LogP contribution in [0.4, 0.5) is 0 Å². The molecule has 0 aromatic rings. The Morgan fingerprint density at radius 2 is 1.64 bits per heavy atom. The molecule has 0 aromatic carbocycles. The summed E-state index contributed by atoms with van der Waals surface area (Å²) in [5, 5.41) is 1.25. The summed E-state index contributed by atoms with van der Waals surface area (Å²) in [4.78, 5) is 0. The van der Waals surface area contributed by atoms with E-state index in [1.807, 2.05) is 0 Å². The Bertz CT molecular complexity index is 286. The number of rotatable bonds is 0. The van der Waals surface area contributed by atoms with Crippen molar-refractivity contribution in [2.45, 2.75) is 19.2 Å². The van der Waals surface area contributed by atoms with Crippen molar-refractivity contribution in [3.05, 3.63) is 21.2 Å². The highest BCUT2D eigenvalue weighted by Gasteiger charge is 2.63. The molecular weight excluding hydrogens is 202 g/mol. The van der Waals surface area contributed by atoms with Gasteiger partial charge < -0.3 is 0 Å². The summed E-state index contributed by atoms with van der Waals surface area (Å²) in [6.07, 6.45) is 0. The van der Waals surface area contributed by atoms with Crippen molar-refractivity contribution in [2.75, 3.05) is 0 Å². The van der Waals surface area contributed by atoms with Gasteiger partial charge in [0.05, 0.1) is 20.9 Å². The van der Waals surface area contributed by atoms with E-state index in [4.69, 9.17) is 34.8 Å². The fourth-order valence-electron chi connectivity index (χ4n) is 1.82. The zero-order chi connectivity index (χ0) is 8.39. The molecule has 0 heterocycles. The van der Waals surface area contributed by atoms with E-state index >= 15 is 0 Å². The van der Waals surface area contributed by atoms with E-state index in [1.54, 1.807) is 0 Å². The van der Waals surface area contributed by atoms with Crippen LogP contribution < -0.4 is 0 Å². The van der Waals surface area contributed by atoms with Gasteiger partial charge in [0.15, 0.2) is 0 Å². The molecule has 0 aromatic heterocycles. The fourth-order valence-corrected chi connectivity index (χ4v) is 3.29. The van der Waals surface area contributed by atoms with Crippen LogP contribution in [0.2, 0.25) is 0 Å². The maximum Gasteiger partial charge on any atom is 0.0884 e. The van der Waals surface area contributed by atoms with Crippen LogP contribution in [0.5, 0.6) is 0 Å². The van der Waals surface area contributed by atoms with Gasteiger partial charge >= 0.3 is 0 Å². The molecule has 60 valence electrons. The van der Waals surface area contributed by atoms with E-state index in [-0.39, 0.29) is 10.8 Å². The van der Waals surface area contributed by atoms with Crippen LogP contribution in [0.15, 0.2) is 21.2 Å². The monoisotopic (exact) mass is 208 g/mol. The average molecular weight is 210 g/mol. The van der Waals surface area contributed by atoms with Crippen molar-refractivity contribution < 1.29 is 0 Å². The summed E-state index contributed by atoms with van der Waals surface area (Å²) >= 11 is 17.8. The Kier molecular flexibility index (Phi) is 1.44. The maximum atomic E-state index is 6.02. The molecule has 0 radical (unpaired) electrons. The third-order valence-corrected chi connectivity index (χ3v) is 4.50. The number of hydrogen-bond donors (Lipinski definition) is 0. The highest BCUT2D eigenvalue weighted by Crippen LogP contribution is 2.71. The third kappa shape index (κ3) is 0.612. The molecule has 2 aliphatic carbocycles. The molecule has 0 saturated carbocycles. The van der Waals surface area contributed by atoms with Gasteiger partial charge in [0.1, 0.15) is 0 Å². The van der Waals surface area contributed by atoms with E-state index in [0.717, 1.165) is 5.03 Å². The van der Waals surface area contributed by atoms with Gasteiger partial charge in [0.25, 0.3) is 0 Å². The highest BCUT2D eigenvalue weighted by atomic mass is 35.5. The molecule has 0 amide bonds. The average Bonchev–Trinajstić information content (AvgIpc) is 2.55. The topological polar surface area (TPSA) is 0 Å². The molecule has 0 saturated heterocycles. The van der Waals surface area contributed by atoms with E-state index in [0.29, 0.717) is 5.03 Å². The minimum atomic E-state index is -0.111. The Morgan fingerprint density at radius 3 is 1.82 bits per heavy atom. The molecule has 0 bridgehead atoms. The van der Waals surface area contributed by atoms with Gasteiger partial charge in [0.2, 0.25) is 0 Å². The van der Waals surface area contributed by atoms with Gasteiger partial charge in [-0.2, -0.15) is 0 Å². The minimum Gasteiger partial charge on any atom is -0.115 e. The van der Waals surface area contributed by atoms with Crippen LogP contribution in [-0.4, -0.2) is 5.38 Å². The van der Waals surface area contributed by atoms with Crippen molar-refractivity contribution in [3.8, 4) is 0 Å². The number of hydrogen-bond acceptors (Lipinski definition) is 0. The SMILES string of the molecule is CC1=C(C)C12C(Cl)=C(Cl)[C@@H]2Cl. The smallest absolute Gasteiger partial charge is 0.0884 e. The van der Waals surface area contributed by atoms with Crippen molar-refractivity contribution in [2.24, 2.45) is 5.41 Å². The molecule has 0 fully saturated rings. The molecule has 0 aliphatic heterocycles. The lowest BCUT2D eigenvalue weighted by Crippen LogP contribution is -2.32. The lowest BCUT2D eigenvalue weighted by Gasteiger charge is -2.35. The molecule has 2 rings (SSSR count). The van der Waals surface area contributed by atoms with E-state index in [2.05, 4.69) is 13.8 Å². The molecule has 3 heteroatoms. The summed E-state index contributed by atoms with van der Waals surface area (Å²) in [5.41, 5.74) is 2.46. The largest absolute Gasteiger partial charge is 0.115 e. The second-order valence-electron chi connectivity index (χ2n) is 3.08. The van der Waals surface area contributed by atoms with Gasteiger partial charge in [0, 0.05) is 0 Å². The molecule has 1 spiro atoms. The van der Waals surface area contributed by atoms with Crippen LogP contribution in [-0.2, 0) is 0 Å². The van der Waals surface area contributed by atoms with E-state index < -0.39 is 0 Å². The van der Waals surface area contributed by atoms with Gasteiger partial charge in [-0.05, 0) is 13.8 Å². The second-order valence-corrected chi connectivity index (χ2v) is 4.30. The predicted molar refractivity (Wildman–Crippen MR) is 49.2 cm³/mol. The predicted octanol–water partition coefficient (Wildman–Crippen LogP) is 3.63. The van der Waals surface area contributed by atoms with Gasteiger partial charge in [-0.1, -0.05) is 34.3 Å². The Morgan fingerprint density at radius 1 is 1.18 bits per heavy atom. The lowest BCUT2D eigenvalue weighted by molar-refractivity contribution is 0.605. The van der Waals surface area contributed by atoms with Gasteiger partial charge in [-0.3, -0.25) is 0 Å². The molecule has 2 aliphatic rings. The minimum absolute atomic E-state index is 0.100. The number of allylic oxidation sites excluding steroid dienone is 4. The van der Waals surface area contributed by atoms with Crippen LogP contribution in [0.1, 0.15) is 13.8 Å². The van der Waals surface area contributed by atoms with Crippen molar-refractivity contribution in [1.82, 2.24) is 0 Å². The molecule has 11 heavy (non-hydrogen) atoms. The first-order chi connectivity index (χ1) is 5.04. The van der Waals surface area contributed by atoms with E-state index in [9.17, 15) is 0 Å². The summed E-state index contributed by atoms with van der Waals surface area (Å²) in [7, 11) is 0. The summed E-state index contributed by atoms with van der Waals surface area (Å²) < 4.78 is 0.